The number of benzene rings is 1. The van der Waals surface area contributed by atoms with Gasteiger partial charge >= 0.3 is 0 Å². The fourth-order valence-corrected chi connectivity index (χ4v) is 1.98. The third kappa shape index (κ3) is 2.21. The Labute approximate surface area is 97.2 Å². The molecule has 0 amide bonds. The minimum Gasteiger partial charge on any atom is -0.342 e. The summed E-state index contributed by atoms with van der Waals surface area (Å²) in [4.78, 5) is 7.86. The Morgan fingerprint density at radius 1 is 1.53 bits per heavy atom. The first-order chi connectivity index (χ1) is 7.20. The van der Waals surface area contributed by atoms with E-state index >= 15 is 0 Å². The molecule has 0 bridgehead atoms. The summed E-state index contributed by atoms with van der Waals surface area (Å²) >= 11 is 3.44. The topological polar surface area (TPSA) is 54.7 Å². The molecule has 0 spiro atoms. The largest absolute Gasteiger partial charge is 0.342 e. The molecule has 1 unspecified atom stereocenters. The van der Waals surface area contributed by atoms with Gasteiger partial charge in [-0.3, -0.25) is 0 Å². The molecule has 0 fully saturated rings. The highest BCUT2D eigenvalue weighted by molar-refractivity contribution is 9.10. The summed E-state index contributed by atoms with van der Waals surface area (Å²) in [5.74, 6) is 1.41. The fourth-order valence-electron chi connectivity index (χ4n) is 1.62. The zero-order valence-corrected chi connectivity index (χ0v) is 10.2. The zero-order valence-electron chi connectivity index (χ0n) is 8.63. The van der Waals surface area contributed by atoms with Gasteiger partial charge in [0.25, 0.3) is 0 Å². The molecule has 0 saturated heterocycles. The molecule has 4 heteroatoms. The molecular weight excluding hydrogens is 254 g/mol. The van der Waals surface area contributed by atoms with Gasteiger partial charge in [0.05, 0.1) is 11.0 Å². The number of nitrogens with two attached hydrogens (primary N) is 1. The number of nitrogens with one attached hydrogen (secondary N) is 1. The SMILES string of the molecule is CC(CCN)c1nc2ccc(Br)cc2[nH]1. The van der Waals surface area contributed by atoms with Gasteiger partial charge in [-0.15, -0.1) is 0 Å². The highest BCUT2D eigenvalue weighted by atomic mass is 79.9. The van der Waals surface area contributed by atoms with Crippen LogP contribution in [-0.2, 0) is 0 Å². The predicted octanol–water partition coefficient (Wildman–Crippen LogP) is 2.78. The average Bonchev–Trinajstić information content (AvgIpc) is 2.60. The molecule has 1 atom stereocenters. The van der Waals surface area contributed by atoms with Crippen molar-refractivity contribution in [3.05, 3.63) is 28.5 Å². The van der Waals surface area contributed by atoms with E-state index in [2.05, 4.69) is 32.8 Å². The lowest BCUT2D eigenvalue weighted by molar-refractivity contribution is 0.657. The van der Waals surface area contributed by atoms with Gasteiger partial charge in [-0.25, -0.2) is 4.98 Å². The Morgan fingerprint density at radius 3 is 3.07 bits per heavy atom. The van der Waals surface area contributed by atoms with Gasteiger partial charge in [0.2, 0.25) is 0 Å². The number of H-pyrrole nitrogens is 1. The van der Waals surface area contributed by atoms with Crippen LogP contribution in [0.2, 0.25) is 0 Å². The van der Waals surface area contributed by atoms with E-state index in [1.165, 1.54) is 0 Å². The van der Waals surface area contributed by atoms with Crippen molar-refractivity contribution in [2.24, 2.45) is 5.73 Å². The van der Waals surface area contributed by atoms with Gasteiger partial charge in [-0.05, 0) is 31.2 Å². The van der Waals surface area contributed by atoms with Crippen molar-refractivity contribution in [1.29, 1.82) is 0 Å². The number of imidazole rings is 1. The molecule has 3 nitrogen and oxygen atoms in total. The minimum absolute atomic E-state index is 0.390. The maximum atomic E-state index is 5.54. The minimum atomic E-state index is 0.390. The highest BCUT2D eigenvalue weighted by Crippen LogP contribution is 2.22. The number of hydrogen-bond donors (Lipinski definition) is 2. The summed E-state index contributed by atoms with van der Waals surface area (Å²) in [5, 5.41) is 0. The Hall–Kier alpha value is -0.870. The van der Waals surface area contributed by atoms with Crippen molar-refractivity contribution >= 4 is 27.0 Å². The number of aromatic nitrogens is 2. The van der Waals surface area contributed by atoms with Crippen LogP contribution in [0.25, 0.3) is 11.0 Å². The Bertz CT molecular complexity index is 464. The van der Waals surface area contributed by atoms with Gasteiger partial charge in [0, 0.05) is 10.4 Å². The van der Waals surface area contributed by atoms with Crippen LogP contribution in [0.3, 0.4) is 0 Å². The van der Waals surface area contributed by atoms with Crippen molar-refractivity contribution in [3.8, 4) is 0 Å². The molecule has 2 aromatic rings. The maximum absolute atomic E-state index is 5.54. The molecule has 2 rings (SSSR count). The molecule has 1 aromatic carbocycles. The van der Waals surface area contributed by atoms with E-state index in [0.29, 0.717) is 12.5 Å². The van der Waals surface area contributed by atoms with Crippen LogP contribution < -0.4 is 5.73 Å². The number of nitrogens with zero attached hydrogens (tertiary/aromatic N) is 1. The molecule has 3 N–H and O–H groups in total. The first-order valence-corrected chi connectivity index (χ1v) is 5.85. The third-order valence-corrected chi connectivity index (χ3v) is 3.02. The standard InChI is InChI=1S/C11H14BrN3/c1-7(4-5-13)11-14-9-3-2-8(12)6-10(9)15-11/h2-3,6-7H,4-5,13H2,1H3,(H,14,15). The predicted molar refractivity (Wildman–Crippen MR) is 65.9 cm³/mol. The van der Waals surface area contributed by atoms with Gasteiger partial charge in [-0.2, -0.15) is 0 Å². The van der Waals surface area contributed by atoms with Crippen LogP contribution in [0.4, 0.5) is 0 Å². The molecule has 0 aliphatic rings. The third-order valence-electron chi connectivity index (χ3n) is 2.53. The molecule has 0 aliphatic heterocycles. The highest BCUT2D eigenvalue weighted by Gasteiger charge is 2.09. The molecule has 0 saturated carbocycles. The van der Waals surface area contributed by atoms with E-state index < -0.39 is 0 Å². The van der Waals surface area contributed by atoms with Crippen molar-refractivity contribution in [3.63, 3.8) is 0 Å². The van der Waals surface area contributed by atoms with Crippen LogP contribution >= 0.6 is 15.9 Å². The van der Waals surface area contributed by atoms with Gasteiger partial charge in [0.15, 0.2) is 0 Å². The summed E-state index contributed by atoms with van der Waals surface area (Å²) < 4.78 is 1.07. The summed E-state index contributed by atoms with van der Waals surface area (Å²) in [6, 6.07) is 6.05. The van der Waals surface area contributed by atoms with Gasteiger partial charge in [0.1, 0.15) is 5.82 Å². The second-order valence-corrected chi connectivity index (χ2v) is 4.68. The lowest BCUT2D eigenvalue weighted by Gasteiger charge is -2.04. The molecular formula is C11H14BrN3. The van der Waals surface area contributed by atoms with Crippen LogP contribution in [0.1, 0.15) is 25.1 Å². The summed E-state index contributed by atoms with van der Waals surface area (Å²) in [5.41, 5.74) is 7.62. The second-order valence-electron chi connectivity index (χ2n) is 3.76. The molecule has 0 aliphatic carbocycles. The maximum Gasteiger partial charge on any atom is 0.110 e. The quantitative estimate of drug-likeness (QED) is 0.899. The first kappa shape index (κ1) is 10.6. The summed E-state index contributed by atoms with van der Waals surface area (Å²) in [6.07, 6.45) is 0.959. The Kier molecular flexibility index (Phi) is 3.07. The van der Waals surface area contributed by atoms with E-state index in [1.54, 1.807) is 0 Å². The molecule has 1 heterocycles. The monoisotopic (exact) mass is 267 g/mol. The van der Waals surface area contributed by atoms with Crippen molar-refractivity contribution in [2.45, 2.75) is 19.3 Å². The number of fused-ring (bicyclic) bond motifs is 1. The van der Waals surface area contributed by atoms with Crippen molar-refractivity contribution < 1.29 is 0 Å². The summed E-state index contributed by atoms with van der Waals surface area (Å²) in [7, 11) is 0. The normalized spacial score (nSPS) is 13.3. The number of rotatable bonds is 3. The number of aromatic amines is 1. The first-order valence-electron chi connectivity index (χ1n) is 5.06. The molecule has 1 aromatic heterocycles. The second kappa shape index (κ2) is 4.33. The smallest absolute Gasteiger partial charge is 0.110 e. The van der Waals surface area contributed by atoms with E-state index in [9.17, 15) is 0 Å². The zero-order chi connectivity index (χ0) is 10.8. The van der Waals surface area contributed by atoms with Crippen molar-refractivity contribution in [1.82, 2.24) is 9.97 Å². The Balaban J connectivity index is 2.38. The van der Waals surface area contributed by atoms with Crippen LogP contribution in [0, 0.1) is 0 Å². The van der Waals surface area contributed by atoms with E-state index in [-0.39, 0.29) is 0 Å². The van der Waals surface area contributed by atoms with Crippen LogP contribution in [0.15, 0.2) is 22.7 Å². The summed E-state index contributed by atoms with van der Waals surface area (Å²) in [6.45, 7) is 2.83. The average molecular weight is 268 g/mol. The number of hydrogen-bond acceptors (Lipinski definition) is 2. The number of halogens is 1. The van der Waals surface area contributed by atoms with Crippen LogP contribution in [0.5, 0.6) is 0 Å². The van der Waals surface area contributed by atoms with E-state index in [0.717, 1.165) is 27.8 Å². The van der Waals surface area contributed by atoms with Crippen LogP contribution in [-0.4, -0.2) is 16.5 Å². The van der Waals surface area contributed by atoms with Crippen molar-refractivity contribution in [2.75, 3.05) is 6.54 Å². The lowest BCUT2D eigenvalue weighted by atomic mass is 10.1. The molecule has 15 heavy (non-hydrogen) atoms. The molecule has 80 valence electrons. The molecule has 0 radical (unpaired) electrons. The fraction of sp³-hybridized carbons (Fsp3) is 0.364. The van der Waals surface area contributed by atoms with E-state index in [1.807, 2.05) is 18.2 Å². The van der Waals surface area contributed by atoms with E-state index in [4.69, 9.17) is 5.73 Å². The van der Waals surface area contributed by atoms with Gasteiger partial charge in [-0.1, -0.05) is 22.9 Å². The lowest BCUT2D eigenvalue weighted by Crippen LogP contribution is -2.05. The Morgan fingerprint density at radius 2 is 2.33 bits per heavy atom. The van der Waals surface area contributed by atoms with Gasteiger partial charge < -0.3 is 10.7 Å².